The lowest BCUT2D eigenvalue weighted by Crippen LogP contribution is -2.28. The molecule has 0 spiro atoms. The van der Waals surface area contributed by atoms with Crippen molar-refractivity contribution in [1.82, 2.24) is 0 Å². The van der Waals surface area contributed by atoms with E-state index in [-0.39, 0.29) is 28.7 Å². The van der Waals surface area contributed by atoms with E-state index >= 15 is 0 Å². The summed E-state index contributed by atoms with van der Waals surface area (Å²) >= 11 is 0. The highest BCUT2D eigenvalue weighted by Crippen LogP contribution is 2.42. The van der Waals surface area contributed by atoms with E-state index in [0.29, 0.717) is 5.56 Å². The summed E-state index contributed by atoms with van der Waals surface area (Å²) in [6.45, 7) is 6.83. The molecule has 0 atom stereocenters. The van der Waals surface area contributed by atoms with Gasteiger partial charge in [0, 0.05) is 15.9 Å². The minimum atomic E-state index is -3.60. The molecule has 0 aliphatic carbocycles. The smallest absolute Gasteiger partial charge is 0.229 e. The zero-order valence-electron chi connectivity index (χ0n) is 14.5. The van der Waals surface area contributed by atoms with E-state index in [0.717, 1.165) is 6.26 Å². The van der Waals surface area contributed by atoms with Gasteiger partial charge < -0.3 is 10.1 Å². The van der Waals surface area contributed by atoms with Crippen LogP contribution in [-0.2, 0) is 14.8 Å². The minimum Gasteiger partial charge on any atom is -0.494 e. The predicted molar refractivity (Wildman–Crippen MR) is 93.1 cm³/mol. The molecular formula is C14H21N5O4S. The predicted octanol–water partition coefficient (Wildman–Crippen LogP) is 3.30. The number of rotatable bonds is 5. The SMILES string of the molecule is COc1c(NC(=O)C(C)(C)C)cc(N=[N+]=[N-])c(NS(C)(=O)=O)c1C. The van der Waals surface area contributed by atoms with Crippen molar-refractivity contribution in [2.75, 3.05) is 23.4 Å². The molecule has 1 aromatic rings. The molecule has 0 saturated carbocycles. The van der Waals surface area contributed by atoms with Crippen LogP contribution >= 0.6 is 0 Å². The highest BCUT2D eigenvalue weighted by Gasteiger charge is 2.24. The van der Waals surface area contributed by atoms with Crippen LogP contribution in [0.5, 0.6) is 5.75 Å². The Morgan fingerprint density at radius 1 is 1.38 bits per heavy atom. The molecule has 24 heavy (non-hydrogen) atoms. The molecule has 2 N–H and O–H groups in total. The van der Waals surface area contributed by atoms with Gasteiger partial charge in [-0.25, -0.2) is 8.42 Å². The molecule has 1 rings (SSSR count). The second kappa shape index (κ2) is 6.98. The fraction of sp³-hybridized carbons (Fsp3) is 0.500. The zero-order valence-corrected chi connectivity index (χ0v) is 15.3. The summed E-state index contributed by atoms with van der Waals surface area (Å²) in [6.07, 6.45) is 0.980. The van der Waals surface area contributed by atoms with Gasteiger partial charge in [0.25, 0.3) is 0 Å². The maximum absolute atomic E-state index is 12.2. The highest BCUT2D eigenvalue weighted by atomic mass is 32.2. The maximum Gasteiger partial charge on any atom is 0.229 e. The third-order valence-electron chi connectivity index (χ3n) is 3.07. The summed E-state index contributed by atoms with van der Waals surface area (Å²) in [6, 6.07) is 1.36. The summed E-state index contributed by atoms with van der Waals surface area (Å²) in [5.74, 6) is 0.00606. The minimum absolute atomic E-state index is 0.0328. The van der Waals surface area contributed by atoms with Gasteiger partial charge in [-0.05, 0) is 18.5 Å². The zero-order chi connectivity index (χ0) is 18.7. The largest absolute Gasteiger partial charge is 0.494 e. The van der Waals surface area contributed by atoms with Crippen LogP contribution in [0.3, 0.4) is 0 Å². The summed E-state index contributed by atoms with van der Waals surface area (Å²) < 4.78 is 30.7. The number of carbonyl (C=O) groups is 1. The maximum atomic E-state index is 12.2. The van der Waals surface area contributed by atoms with Crippen molar-refractivity contribution in [2.24, 2.45) is 10.5 Å². The van der Waals surface area contributed by atoms with Crippen molar-refractivity contribution in [3.8, 4) is 5.75 Å². The van der Waals surface area contributed by atoms with Crippen molar-refractivity contribution >= 4 is 33.0 Å². The lowest BCUT2D eigenvalue weighted by atomic mass is 9.95. The number of azide groups is 1. The van der Waals surface area contributed by atoms with Gasteiger partial charge in [0.15, 0.2) is 0 Å². The molecule has 0 bridgehead atoms. The second-order valence-corrected chi connectivity index (χ2v) is 7.99. The first-order valence-corrected chi connectivity index (χ1v) is 8.85. The third-order valence-corrected chi connectivity index (χ3v) is 3.65. The highest BCUT2D eigenvalue weighted by molar-refractivity contribution is 7.92. The monoisotopic (exact) mass is 355 g/mol. The average Bonchev–Trinajstić information content (AvgIpc) is 2.41. The molecule has 0 unspecified atom stereocenters. The molecule has 1 amide bonds. The Morgan fingerprint density at radius 3 is 2.38 bits per heavy atom. The number of benzene rings is 1. The molecule has 9 nitrogen and oxygen atoms in total. The number of carbonyl (C=O) groups excluding carboxylic acids is 1. The fourth-order valence-corrected chi connectivity index (χ4v) is 2.52. The van der Waals surface area contributed by atoms with E-state index in [2.05, 4.69) is 20.1 Å². The Labute approximate surface area is 141 Å². The van der Waals surface area contributed by atoms with Crippen LogP contribution in [0.15, 0.2) is 11.2 Å². The molecular weight excluding hydrogens is 334 g/mol. The Morgan fingerprint density at radius 2 is 1.96 bits per heavy atom. The van der Waals surface area contributed by atoms with E-state index in [1.165, 1.54) is 13.2 Å². The van der Waals surface area contributed by atoms with Gasteiger partial charge in [-0.2, -0.15) is 0 Å². The molecule has 0 aliphatic heterocycles. The first-order valence-electron chi connectivity index (χ1n) is 6.96. The Hall–Kier alpha value is -2.45. The van der Waals surface area contributed by atoms with E-state index in [4.69, 9.17) is 10.3 Å². The van der Waals surface area contributed by atoms with Gasteiger partial charge in [-0.15, -0.1) is 0 Å². The molecule has 132 valence electrons. The number of sulfonamides is 1. The summed E-state index contributed by atoms with van der Waals surface area (Å²) in [5, 5.41) is 6.21. The third kappa shape index (κ3) is 4.77. The second-order valence-electron chi connectivity index (χ2n) is 6.24. The van der Waals surface area contributed by atoms with E-state index < -0.39 is 15.4 Å². The Balaban J connectivity index is 3.58. The molecule has 0 aromatic heterocycles. The normalized spacial score (nSPS) is 11.4. The lowest BCUT2D eigenvalue weighted by molar-refractivity contribution is -0.123. The van der Waals surface area contributed by atoms with Crippen LogP contribution in [0.25, 0.3) is 10.4 Å². The van der Waals surface area contributed by atoms with Gasteiger partial charge in [0.1, 0.15) is 5.75 Å². The van der Waals surface area contributed by atoms with Crippen LogP contribution < -0.4 is 14.8 Å². The van der Waals surface area contributed by atoms with Crippen molar-refractivity contribution in [1.29, 1.82) is 0 Å². The van der Waals surface area contributed by atoms with Crippen LogP contribution in [0.2, 0.25) is 0 Å². The summed E-state index contributed by atoms with van der Waals surface area (Å²) in [5.41, 5.74) is 8.88. The summed E-state index contributed by atoms with van der Waals surface area (Å²) in [4.78, 5) is 14.9. The van der Waals surface area contributed by atoms with Gasteiger partial charge >= 0.3 is 0 Å². The van der Waals surface area contributed by atoms with E-state index in [9.17, 15) is 13.2 Å². The van der Waals surface area contributed by atoms with Gasteiger partial charge in [0.05, 0.1) is 30.4 Å². The number of hydrogen-bond acceptors (Lipinski definition) is 5. The van der Waals surface area contributed by atoms with Crippen molar-refractivity contribution in [2.45, 2.75) is 27.7 Å². The number of nitrogens with one attached hydrogen (secondary N) is 2. The number of anilines is 2. The van der Waals surface area contributed by atoms with Crippen LogP contribution in [-0.4, -0.2) is 27.7 Å². The lowest BCUT2D eigenvalue weighted by Gasteiger charge is -2.22. The van der Waals surface area contributed by atoms with Gasteiger partial charge in [-0.3, -0.25) is 9.52 Å². The van der Waals surface area contributed by atoms with Gasteiger partial charge in [0.2, 0.25) is 15.9 Å². The number of ether oxygens (including phenoxy) is 1. The standard InChI is InChI=1S/C14H21N5O4S/c1-8-11(18-24(6,21)22)9(17-19-15)7-10(12(8)23-5)16-13(20)14(2,3)4/h7,18H,1-6H3,(H,16,20). The Kier molecular flexibility index (Phi) is 5.70. The molecule has 0 fully saturated rings. The van der Waals surface area contributed by atoms with Crippen molar-refractivity contribution in [3.63, 3.8) is 0 Å². The van der Waals surface area contributed by atoms with Crippen LogP contribution in [0, 0.1) is 12.3 Å². The number of amides is 1. The van der Waals surface area contributed by atoms with Crippen LogP contribution in [0.1, 0.15) is 26.3 Å². The van der Waals surface area contributed by atoms with E-state index in [1.54, 1.807) is 27.7 Å². The Bertz CT molecular complexity index is 805. The molecule has 0 aliphatic rings. The molecule has 10 heteroatoms. The van der Waals surface area contributed by atoms with Gasteiger partial charge in [-0.1, -0.05) is 25.9 Å². The first kappa shape index (κ1) is 19.6. The molecule has 1 aromatic carbocycles. The van der Waals surface area contributed by atoms with Crippen LogP contribution in [0.4, 0.5) is 17.1 Å². The number of nitrogens with zero attached hydrogens (tertiary/aromatic N) is 3. The van der Waals surface area contributed by atoms with Crippen molar-refractivity contribution in [3.05, 3.63) is 22.1 Å². The first-order chi connectivity index (χ1) is 10.9. The molecule has 0 saturated heterocycles. The number of methoxy groups -OCH3 is 1. The topological polar surface area (TPSA) is 133 Å². The van der Waals surface area contributed by atoms with Crippen molar-refractivity contribution < 1.29 is 17.9 Å². The average molecular weight is 355 g/mol. The molecule has 0 radical (unpaired) electrons. The van der Waals surface area contributed by atoms with E-state index in [1.807, 2.05) is 0 Å². The fourth-order valence-electron chi connectivity index (χ4n) is 1.89. The molecule has 0 heterocycles. The summed E-state index contributed by atoms with van der Waals surface area (Å²) in [7, 11) is -2.21. The quantitative estimate of drug-likeness (QED) is 0.476. The number of hydrogen-bond donors (Lipinski definition) is 2.